The SMILES string of the molecule is O=C1N=C(NCc2ccon2)C(=CC2CCN(Cc3ccc(C(F)(F)F)cc3C(F)(F)F)CC2)S1. The first kappa shape index (κ1) is 25.3. The van der Waals surface area contributed by atoms with Crippen molar-refractivity contribution in [2.24, 2.45) is 10.9 Å². The third-order valence-electron chi connectivity index (χ3n) is 5.72. The molecule has 1 saturated heterocycles. The molecule has 1 fully saturated rings. The molecule has 0 saturated carbocycles. The number of hydrogen-bond acceptors (Lipinski definition) is 6. The van der Waals surface area contributed by atoms with Crippen LogP contribution in [0.25, 0.3) is 0 Å². The number of benzene rings is 1. The monoisotopic (exact) mass is 518 g/mol. The summed E-state index contributed by atoms with van der Waals surface area (Å²) in [6.45, 7) is 1.15. The molecule has 0 spiro atoms. The molecule has 2 aromatic rings. The van der Waals surface area contributed by atoms with Crippen molar-refractivity contribution >= 4 is 22.8 Å². The Labute approximate surface area is 200 Å². The predicted molar refractivity (Wildman–Crippen MR) is 116 cm³/mol. The van der Waals surface area contributed by atoms with Crippen molar-refractivity contribution in [1.82, 2.24) is 15.4 Å². The van der Waals surface area contributed by atoms with Gasteiger partial charge in [-0.1, -0.05) is 17.3 Å². The van der Waals surface area contributed by atoms with Crippen molar-refractivity contribution in [2.45, 2.75) is 38.3 Å². The fourth-order valence-electron chi connectivity index (χ4n) is 3.94. The van der Waals surface area contributed by atoms with Gasteiger partial charge in [0.05, 0.1) is 22.6 Å². The third kappa shape index (κ3) is 6.45. The van der Waals surface area contributed by atoms with Gasteiger partial charge < -0.3 is 9.84 Å². The van der Waals surface area contributed by atoms with E-state index in [-0.39, 0.29) is 29.3 Å². The zero-order chi connectivity index (χ0) is 25.2. The summed E-state index contributed by atoms with van der Waals surface area (Å²) in [5.41, 5.74) is -2.13. The highest BCUT2D eigenvalue weighted by molar-refractivity contribution is 8.18. The van der Waals surface area contributed by atoms with E-state index in [2.05, 4.69) is 15.5 Å². The first-order chi connectivity index (χ1) is 16.5. The van der Waals surface area contributed by atoms with Crippen LogP contribution in [-0.4, -0.2) is 34.2 Å². The minimum atomic E-state index is -4.89. The van der Waals surface area contributed by atoms with Crippen LogP contribution in [0.2, 0.25) is 0 Å². The maximum atomic E-state index is 13.4. The van der Waals surface area contributed by atoms with Gasteiger partial charge in [0.2, 0.25) is 0 Å². The van der Waals surface area contributed by atoms with E-state index in [1.807, 2.05) is 6.08 Å². The van der Waals surface area contributed by atoms with Gasteiger partial charge >= 0.3 is 17.6 Å². The highest BCUT2D eigenvalue weighted by atomic mass is 32.2. The number of amidine groups is 1. The van der Waals surface area contributed by atoms with Gasteiger partial charge in [-0.3, -0.25) is 9.69 Å². The van der Waals surface area contributed by atoms with Crippen LogP contribution in [0.1, 0.15) is 35.2 Å². The zero-order valence-electron chi connectivity index (χ0n) is 18.1. The van der Waals surface area contributed by atoms with Crippen LogP contribution >= 0.6 is 11.8 Å². The lowest BCUT2D eigenvalue weighted by Crippen LogP contribution is -2.33. The standard InChI is InChI=1S/C22H20F6N4O2S/c23-21(24,25)15-2-1-14(17(10-15)22(26,27)28)12-32-6-3-13(4-7-32)9-18-19(30-20(33)35-18)29-11-16-5-8-34-31-16/h1-2,5,8-10,13H,3-4,6-7,11-12H2,(H,29,30,33). The van der Waals surface area contributed by atoms with Crippen LogP contribution in [-0.2, 0) is 25.4 Å². The Morgan fingerprint density at radius 3 is 2.49 bits per heavy atom. The molecule has 0 atom stereocenters. The highest BCUT2D eigenvalue weighted by Gasteiger charge is 2.38. The lowest BCUT2D eigenvalue weighted by Gasteiger charge is -2.31. The third-order valence-corrected chi connectivity index (χ3v) is 6.53. The second-order valence-corrected chi connectivity index (χ2v) is 9.18. The van der Waals surface area contributed by atoms with E-state index in [1.165, 1.54) is 6.26 Å². The largest absolute Gasteiger partial charge is 0.416 e. The number of nitrogens with zero attached hydrogens (tertiary/aromatic N) is 3. The summed E-state index contributed by atoms with van der Waals surface area (Å²) in [4.78, 5) is 18.2. The van der Waals surface area contributed by atoms with Crippen molar-refractivity contribution in [3.63, 3.8) is 0 Å². The number of alkyl halides is 6. The summed E-state index contributed by atoms with van der Waals surface area (Å²) in [5, 5.41) is 6.49. The molecular formula is C22H20F6N4O2S. The van der Waals surface area contributed by atoms with Gasteiger partial charge in [-0.05, 0) is 61.3 Å². The van der Waals surface area contributed by atoms with Crippen LogP contribution in [0.5, 0.6) is 0 Å². The quantitative estimate of drug-likeness (QED) is 0.500. The maximum Gasteiger partial charge on any atom is 0.416 e. The molecule has 1 aromatic heterocycles. The van der Waals surface area contributed by atoms with Crippen molar-refractivity contribution in [3.05, 3.63) is 63.9 Å². The van der Waals surface area contributed by atoms with Gasteiger partial charge in [0.15, 0.2) is 0 Å². The van der Waals surface area contributed by atoms with Crippen molar-refractivity contribution in [3.8, 4) is 0 Å². The molecule has 1 amide bonds. The van der Waals surface area contributed by atoms with Gasteiger partial charge in [0.25, 0.3) is 0 Å². The van der Waals surface area contributed by atoms with E-state index < -0.39 is 23.5 Å². The number of amides is 1. The van der Waals surface area contributed by atoms with Gasteiger partial charge in [-0.25, -0.2) is 0 Å². The molecule has 13 heteroatoms. The minimum absolute atomic E-state index is 0.0772. The van der Waals surface area contributed by atoms with Gasteiger partial charge in [-0.15, -0.1) is 0 Å². The number of carbonyl (C=O) groups excluding carboxylic acids is 1. The molecule has 0 aliphatic carbocycles. The Balaban J connectivity index is 1.38. The van der Waals surface area contributed by atoms with Gasteiger partial charge in [0.1, 0.15) is 17.8 Å². The summed E-state index contributed by atoms with van der Waals surface area (Å²) in [5.74, 6) is 0.512. The average molecular weight is 518 g/mol. The number of hydrogen-bond donors (Lipinski definition) is 1. The molecule has 188 valence electrons. The molecule has 0 bridgehead atoms. The predicted octanol–water partition coefficient (Wildman–Crippen LogP) is 5.86. The molecule has 6 nitrogen and oxygen atoms in total. The lowest BCUT2D eigenvalue weighted by atomic mass is 9.95. The van der Waals surface area contributed by atoms with E-state index in [1.54, 1.807) is 11.0 Å². The van der Waals surface area contributed by atoms with E-state index in [4.69, 9.17) is 4.52 Å². The van der Waals surface area contributed by atoms with E-state index in [0.29, 0.717) is 55.0 Å². The molecule has 0 unspecified atom stereocenters. The number of halogens is 6. The topological polar surface area (TPSA) is 70.7 Å². The lowest BCUT2D eigenvalue weighted by molar-refractivity contribution is -0.143. The zero-order valence-corrected chi connectivity index (χ0v) is 18.9. The second-order valence-electron chi connectivity index (χ2n) is 8.18. The normalized spacial score (nSPS) is 19.4. The number of piperidine rings is 1. The minimum Gasteiger partial charge on any atom is -0.364 e. The molecular weight excluding hydrogens is 498 g/mol. The molecule has 35 heavy (non-hydrogen) atoms. The summed E-state index contributed by atoms with van der Waals surface area (Å²) >= 11 is 0.998. The number of carbonyl (C=O) groups is 1. The van der Waals surface area contributed by atoms with Crippen molar-refractivity contribution in [2.75, 3.05) is 13.1 Å². The van der Waals surface area contributed by atoms with Crippen LogP contribution in [0.4, 0.5) is 31.1 Å². The van der Waals surface area contributed by atoms with Crippen molar-refractivity contribution < 1.29 is 35.7 Å². The molecule has 2 aliphatic rings. The Hall–Kier alpha value is -2.80. The number of thioether (sulfide) groups is 1. The Bertz CT molecular complexity index is 1120. The molecule has 1 aromatic carbocycles. The molecule has 2 aliphatic heterocycles. The Morgan fingerprint density at radius 2 is 1.86 bits per heavy atom. The van der Waals surface area contributed by atoms with E-state index in [9.17, 15) is 31.1 Å². The van der Waals surface area contributed by atoms with Crippen LogP contribution < -0.4 is 5.32 Å². The maximum absolute atomic E-state index is 13.4. The van der Waals surface area contributed by atoms with E-state index in [0.717, 1.165) is 17.8 Å². The molecule has 1 N–H and O–H groups in total. The first-order valence-electron chi connectivity index (χ1n) is 10.6. The van der Waals surface area contributed by atoms with E-state index >= 15 is 0 Å². The Morgan fingerprint density at radius 1 is 1.11 bits per heavy atom. The molecule has 3 heterocycles. The van der Waals surface area contributed by atoms with Gasteiger partial charge in [-0.2, -0.15) is 31.3 Å². The van der Waals surface area contributed by atoms with Gasteiger partial charge in [0, 0.05) is 12.6 Å². The highest BCUT2D eigenvalue weighted by Crippen LogP contribution is 2.38. The fourth-order valence-corrected chi connectivity index (χ4v) is 4.74. The molecule has 4 rings (SSSR count). The van der Waals surface area contributed by atoms with Crippen LogP contribution in [0.15, 0.2) is 51.0 Å². The summed E-state index contributed by atoms with van der Waals surface area (Å²) in [6.07, 6.45) is -5.13. The fraction of sp³-hybridized carbons (Fsp3) is 0.409. The van der Waals surface area contributed by atoms with Crippen LogP contribution in [0.3, 0.4) is 0 Å². The average Bonchev–Trinajstić information content (AvgIpc) is 3.41. The molecule has 0 radical (unpaired) electrons. The number of aromatic nitrogens is 1. The number of aliphatic imine (C=N–C) groups is 1. The summed E-state index contributed by atoms with van der Waals surface area (Å²) < 4.78 is 83.8. The Kier molecular flexibility index (Phi) is 7.27. The van der Waals surface area contributed by atoms with Crippen LogP contribution in [0, 0.1) is 5.92 Å². The second kappa shape index (κ2) is 10.1. The number of rotatable bonds is 5. The summed E-state index contributed by atoms with van der Waals surface area (Å²) in [7, 11) is 0. The smallest absolute Gasteiger partial charge is 0.364 e. The first-order valence-corrected chi connectivity index (χ1v) is 11.5. The number of nitrogens with one attached hydrogen (secondary N) is 1. The number of allylic oxidation sites excluding steroid dienone is 1. The van der Waals surface area contributed by atoms with Crippen molar-refractivity contribution in [1.29, 1.82) is 0 Å². The summed E-state index contributed by atoms with van der Waals surface area (Å²) in [6, 6.07) is 3.44. The number of likely N-dealkylation sites (tertiary alicyclic amines) is 1.